The zero-order valence-corrected chi connectivity index (χ0v) is 16.3. The van der Waals surface area contributed by atoms with Crippen molar-refractivity contribution in [1.82, 2.24) is 14.8 Å². The first kappa shape index (κ1) is 19.4. The summed E-state index contributed by atoms with van der Waals surface area (Å²) in [6, 6.07) is 10.8. The highest BCUT2D eigenvalue weighted by molar-refractivity contribution is 5.94. The third kappa shape index (κ3) is 4.56. The van der Waals surface area contributed by atoms with Crippen LogP contribution in [0.5, 0.6) is 5.75 Å². The first-order chi connectivity index (χ1) is 14.2. The molecule has 29 heavy (non-hydrogen) atoms. The number of likely N-dealkylation sites (tertiary alicyclic amines) is 1. The van der Waals surface area contributed by atoms with Crippen molar-refractivity contribution < 1.29 is 19.1 Å². The van der Waals surface area contributed by atoms with Crippen molar-refractivity contribution in [3.63, 3.8) is 0 Å². The zero-order chi connectivity index (χ0) is 20.1. The average molecular weight is 395 g/mol. The van der Waals surface area contributed by atoms with Gasteiger partial charge in [-0.3, -0.25) is 14.6 Å². The molecule has 4 rings (SSSR count). The number of morpholine rings is 1. The van der Waals surface area contributed by atoms with Crippen LogP contribution in [0.2, 0.25) is 0 Å². The molecule has 2 amide bonds. The van der Waals surface area contributed by atoms with Gasteiger partial charge in [-0.1, -0.05) is 0 Å². The standard InChI is InChI=1S/C22H25N3O4/c26-21(24-11-13-28-14-12-24)17-5-7-20(8-6-17)29-16-19-4-2-10-25(19)22(27)18-3-1-9-23-15-18/h1,3,5-9,15,19H,2,4,10-14,16H2. The lowest BCUT2D eigenvalue weighted by Crippen LogP contribution is -2.40. The molecular weight excluding hydrogens is 370 g/mol. The fourth-order valence-corrected chi connectivity index (χ4v) is 3.77. The van der Waals surface area contributed by atoms with Gasteiger partial charge in [0.25, 0.3) is 11.8 Å². The van der Waals surface area contributed by atoms with Gasteiger partial charge in [-0.25, -0.2) is 0 Å². The Morgan fingerprint density at radius 2 is 1.83 bits per heavy atom. The summed E-state index contributed by atoms with van der Waals surface area (Å²) in [5.74, 6) is 0.712. The van der Waals surface area contributed by atoms with Crippen LogP contribution in [0.25, 0.3) is 0 Å². The van der Waals surface area contributed by atoms with Crippen LogP contribution in [0, 0.1) is 0 Å². The Kier molecular flexibility index (Phi) is 6.05. The Labute approximate surface area is 170 Å². The monoisotopic (exact) mass is 395 g/mol. The van der Waals surface area contributed by atoms with Gasteiger partial charge in [-0.15, -0.1) is 0 Å². The van der Waals surface area contributed by atoms with Gasteiger partial charge in [-0.2, -0.15) is 0 Å². The number of hydrogen-bond acceptors (Lipinski definition) is 5. The van der Waals surface area contributed by atoms with Crippen molar-refractivity contribution in [2.75, 3.05) is 39.5 Å². The second-order valence-corrected chi connectivity index (χ2v) is 7.28. The van der Waals surface area contributed by atoms with Gasteiger partial charge in [0.2, 0.25) is 0 Å². The largest absolute Gasteiger partial charge is 0.491 e. The maximum absolute atomic E-state index is 12.7. The number of carbonyl (C=O) groups excluding carboxylic acids is 2. The second-order valence-electron chi connectivity index (χ2n) is 7.28. The number of aromatic nitrogens is 1. The minimum atomic E-state index is -0.00402. The van der Waals surface area contributed by atoms with E-state index in [9.17, 15) is 9.59 Å². The second kappa shape index (κ2) is 9.05. The van der Waals surface area contributed by atoms with E-state index in [0.29, 0.717) is 49.8 Å². The molecule has 152 valence electrons. The maximum Gasteiger partial charge on any atom is 0.255 e. The van der Waals surface area contributed by atoms with E-state index in [2.05, 4.69) is 4.98 Å². The summed E-state index contributed by atoms with van der Waals surface area (Å²) in [7, 11) is 0. The van der Waals surface area contributed by atoms with E-state index in [0.717, 1.165) is 19.4 Å². The molecule has 0 N–H and O–H groups in total. The van der Waals surface area contributed by atoms with Gasteiger partial charge < -0.3 is 19.3 Å². The highest BCUT2D eigenvalue weighted by Crippen LogP contribution is 2.22. The van der Waals surface area contributed by atoms with Crippen LogP contribution in [-0.4, -0.2) is 72.1 Å². The summed E-state index contributed by atoms with van der Waals surface area (Å²) >= 11 is 0. The van der Waals surface area contributed by atoms with Crippen LogP contribution in [0.15, 0.2) is 48.8 Å². The van der Waals surface area contributed by atoms with Crippen LogP contribution >= 0.6 is 0 Å². The lowest BCUT2D eigenvalue weighted by atomic mass is 10.2. The van der Waals surface area contributed by atoms with Crippen molar-refractivity contribution in [2.24, 2.45) is 0 Å². The minimum Gasteiger partial charge on any atom is -0.491 e. The topological polar surface area (TPSA) is 72.0 Å². The van der Waals surface area contributed by atoms with Crippen LogP contribution in [0.3, 0.4) is 0 Å². The van der Waals surface area contributed by atoms with E-state index >= 15 is 0 Å². The normalized spacial score (nSPS) is 19.2. The maximum atomic E-state index is 12.7. The predicted octanol–water partition coefficient (Wildman–Crippen LogP) is 2.24. The molecule has 0 radical (unpaired) electrons. The van der Waals surface area contributed by atoms with Crippen molar-refractivity contribution in [1.29, 1.82) is 0 Å². The molecule has 1 atom stereocenters. The third-order valence-electron chi connectivity index (χ3n) is 5.39. The number of hydrogen-bond donors (Lipinski definition) is 0. The van der Waals surface area contributed by atoms with E-state index in [4.69, 9.17) is 9.47 Å². The summed E-state index contributed by atoms with van der Waals surface area (Å²) in [5.41, 5.74) is 1.25. The highest BCUT2D eigenvalue weighted by Gasteiger charge is 2.30. The van der Waals surface area contributed by atoms with E-state index in [1.807, 2.05) is 17.0 Å². The summed E-state index contributed by atoms with van der Waals surface area (Å²) in [6.45, 7) is 3.59. The van der Waals surface area contributed by atoms with Crippen LogP contribution < -0.4 is 4.74 Å². The summed E-state index contributed by atoms with van der Waals surface area (Å²) < 4.78 is 11.2. The van der Waals surface area contributed by atoms with E-state index in [1.54, 1.807) is 41.6 Å². The molecule has 1 aromatic carbocycles. The van der Waals surface area contributed by atoms with Gasteiger partial charge in [0.1, 0.15) is 12.4 Å². The fraction of sp³-hybridized carbons (Fsp3) is 0.409. The molecule has 0 bridgehead atoms. The average Bonchev–Trinajstić information content (AvgIpc) is 3.27. The third-order valence-corrected chi connectivity index (χ3v) is 5.39. The van der Waals surface area contributed by atoms with Gasteiger partial charge in [0, 0.05) is 37.6 Å². The van der Waals surface area contributed by atoms with Gasteiger partial charge in [0.05, 0.1) is 24.8 Å². The van der Waals surface area contributed by atoms with Crippen molar-refractivity contribution >= 4 is 11.8 Å². The number of nitrogens with zero attached hydrogens (tertiary/aromatic N) is 3. The lowest BCUT2D eigenvalue weighted by Gasteiger charge is -2.27. The molecule has 2 aliphatic heterocycles. The highest BCUT2D eigenvalue weighted by atomic mass is 16.5. The number of benzene rings is 1. The number of pyridine rings is 1. The number of amides is 2. The quantitative estimate of drug-likeness (QED) is 0.776. The molecule has 2 aliphatic rings. The smallest absolute Gasteiger partial charge is 0.255 e. The Hall–Kier alpha value is -2.93. The minimum absolute atomic E-state index is 0.00402. The SMILES string of the molecule is O=C(c1ccc(OCC2CCCN2C(=O)c2cccnc2)cc1)N1CCOCC1. The van der Waals surface area contributed by atoms with Gasteiger partial charge >= 0.3 is 0 Å². The molecular formula is C22H25N3O4. The van der Waals surface area contributed by atoms with E-state index in [1.165, 1.54) is 0 Å². The summed E-state index contributed by atoms with van der Waals surface area (Å²) in [4.78, 5) is 32.9. The number of ether oxygens (including phenoxy) is 2. The molecule has 3 heterocycles. The molecule has 2 fully saturated rings. The van der Waals surface area contributed by atoms with Gasteiger partial charge in [0.15, 0.2) is 0 Å². The molecule has 7 heteroatoms. The molecule has 1 aromatic heterocycles. The van der Waals surface area contributed by atoms with Crippen molar-refractivity contribution in [3.05, 3.63) is 59.9 Å². The molecule has 2 aromatic rings. The molecule has 0 saturated carbocycles. The molecule has 0 spiro atoms. The van der Waals surface area contributed by atoms with E-state index in [-0.39, 0.29) is 17.9 Å². The molecule has 1 unspecified atom stereocenters. The molecule has 7 nitrogen and oxygen atoms in total. The van der Waals surface area contributed by atoms with Crippen molar-refractivity contribution in [3.8, 4) is 5.75 Å². The number of carbonyl (C=O) groups is 2. The van der Waals surface area contributed by atoms with Crippen LogP contribution in [0.1, 0.15) is 33.6 Å². The summed E-state index contributed by atoms with van der Waals surface area (Å²) in [5, 5.41) is 0. The van der Waals surface area contributed by atoms with Crippen LogP contribution in [0.4, 0.5) is 0 Å². The Bertz CT molecular complexity index is 835. The first-order valence-electron chi connectivity index (χ1n) is 10.0. The van der Waals surface area contributed by atoms with Gasteiger partial charge in [-0.05, 0) is 49.2 Å². The van der Waals surface area contributed by atoms with E-state index < -0.39 is 0 Å². The predicted molar refractivity (Wildman–Crippen MR) is 107 cm³/mol. The summed E-state index contributed by atoms with van der Waals surface area (Å²) in [6.07, 6.45) is 5.14. The zero-order valence-electron chi connectivity index (χ0n) is 16.3. The van der Waals surface area contributed by atoms with Crippen LogP contribution in [-0.2, 0) is 4.74 Å². The van der Waals surface area contributed by atoms with Crippen molar-refractivity contribution in [2.45, 2.75) is 18.9 Å². The Balaban J connectivity index is 1.33. The first-order valence-corrected chi connectivity index (χ1v) is 10.0. The lowest BCUT2D eigenvalue weighted by molar-refractivity contribution is 0.0303. The fourth-order valence-electron chi connectivity index (χ4n) is 3.77. The Morgan fingerprint density at radius 3 is 2.55 bits per heavy atom. The molecule has 0 aliphatic carbocycles. The molecule has 2 saturated heterocycles. The Morgan fingerprint density at radius 1 is 1.03 bits per heavy atom. The number of rotatable bonds is 5.